The zero-order valence-electron chi connectivity index (χ0n) is 22.8. The van der Waals surface area contributed by atoms with Crippen molar-refractivity contribution in [3.05, 3.63) is 65.5 Å². The minimum absolute atomic E-state index is 0.0308. The number of carbonyl (C=O) groups excluding carboxylic acids is 2. The average molecular weight is 563 g/mol. The van der Waals surface area contributed by atoms with Gasteiger partial charge in [0.1, 0.15) is 5.60 Å². The Morgan fingerprint density at radius 3 is 2.58 bits per heavy atom. The fourth-order valence-corrected chi connectivity index (χ4v) is 5.73. The number of ether oxygens (including phenoxy) is 1. The Morgan fingerprint density at radius 1 is 1.18 bits per heavy atom. The van der Waals surface area contributed by atoms with Crippen LogP contribution in [0.2, 0.25) is 0 Å². The van der Waals surface area contributed by atoms with Gasteiger partial charge in [0.15, 0.2) is 0 Å². The zero-order chi connectivity index (χ0) is 28.9. The number of nitrogens with one attached hydrogen (secondary N) is 2. The third-order valence-corrected chi connectivity index (χ3v) is 8.02. The number of alkyl halides is 3. The SMILES string of the molecule is COC(C)CC1CC(NC2CCC(O)(c3ccccn3)CC2)CN1C(=O)CNC(=O)c1cccc(C(F)(F)F)c1. The van der Waals surface area contributed by atoms with Crippen molar-refractivity contribution in [3.8, 4) is 0 Å². The summed E-state index contributed by atoms with van der Waals surface area (Å²) in [5.41, 5.74) is -1.33. The molecule has 3 atom stereocenters. The summed E-state index contributed by atoms with van der Waals surface area (Å²) in [7, 11) is 1.61. The Hall–Kier alpha value is -3.02. The van der Waals surface area contributed by atoms with Crippen LogP contribution in [0.15, 0.2) is 48.7 Å². The largest absolute Gasteiger partial charge is 0.416 e. The molecule has 2 aromatic rings. The molecule has 2 fully saturated rings. The number of rotatable bonds is 9. The molecule has 1 aliphatic carbocycles. The zero-order valence-corrected chi connectivity index (χ0v) is 22.8. The van der Waals surface area contributed by atoms with Crippen LogP contribution >= 0.6 is 0 Å². The van der Waals surface area contributed by atoms with E-state index in [1.807, 2.05) is 25.1 Å². The van der Waals surface area contributed by atoms with E-state index in [1.165, 1.54) is 12.1 Å². The van der Waals surface area contributed by atoms with Crippen molar-refractivity contribution in [2.45, 2.75) is 81.5 Å². The Bertz CT molecular complexity index is 1160. The number of benzene rings is 1. The molecular formula is C29H37F3N4O4. The second-order valence-corrected chi connectivity index (χ2v) is 10.9. The molecule has 1 saturated carbocycles. The molecule has 8 nitrogen and oxygen atoms in total. The first-order valence-corrected chi connectivity index (χ1v) is 13.7. The third-order valence-electron chi connectivity index (χ3n) is 8.02. The van der Waals surface area contributed by atoms with Crippen LogP contribution < -0.4 is 10.6 Å². The van der Waals surface area contributed by atoms with Gasteiger partial charge in [0.2, 0.25) is 5.91 Å². The maximum Gasteiger partial charge on any atom is 0.416 e. The highest BCUT2D eigenvalue weighted by molar-refractivity contribution is 5.96. The lowest BCUT2D eigenvalue weighted by atomic mass is 9.79. The lowest BCUT2D eigenvalue weighted by Crippen LogP contribution is -2.46. The molecule has 11 heteroatoms. The summed E-state index contributed by atoms with van der Waals surface area (Å²) in [6.45, 7) is 2.05. The summed E-state index contributed by atoms with van der Waals surface area (Å²) in [5, 5.41) is 17.2. The van der Waals surface area contributed by atoms with Crippen LogP contribution in [-0.2, 0) is 21.3 Å². The number of amides is 2. The summed E-state index contributed by atoms with van der Waals surface area (Å²) >= 11 is 0. The van der Waals surface area contributed by atoms with Crippen molar-refractivity contribution in [2.75, 3.05) is 20.2 Å². The minimum Gasteiger partial charge on any atom is -0.384 e. The Morgan fingerprint density at radius 2 is 1.93 bits per heavy atom. The van der Waals surface area contributed by atoms with Gasteiger partial charge in [-0.3, -0.25) is 14.6 Å². The first kappa shape index (κ1) is 30.0. The number of aromatic nitrogens is 1. The monoisotopic (exact) mass is 562 g/mol. The fourth-order valence-electron chi connectivity index (χ4n) is 5.73. The van der Waals surface area contributed by atoms with E-state index in [0.717, 1.165) is 25.0 Å². The van der Waals surface area contributed by atoms with Gasteiger partial charge in [-0.15, -0.1) is 0 Å². The number of likely N-dealkylation sites (tertiary alicyclic amines) is 1. The lowest BCUT2D eigenvalue weighted by molar-refractivity contribution is -0.137. The van der Waals surface area contributed by atoms with Crippen LogP contribution in [0.5, 0.6) is 0 Å². The number of nitrogens with zero attached hydrogens (tertiary/aromatic N) is 2. The number of aliphatic hydroxyl groups is 1. The van der Waals surface area contributed by atoms with Crippen molar-refractivity contribution >= 4 is 11.8 Å². The van der Waals surface area contributed by atoms with Crippen LogP contribution in [0.4, 0.5) is 13.2 Å². The quantitative estimate of drug-likeness (QED) is 0.431. The minimum atomic E-state index is -4.57. The van der Waals surface area contributed by atoms with E-state index >= 15 is 0 Å². The van der Waals surface area contributed by atoms with Crippen molar-refractivity contribution in [3.63, 3.8) is 0 Å². The van der Waals surface area contributed by atoms with Crippen molar-refractivity contribution in [1.29, 1.82) is 0 Å². The predicted octanol–water partition coefficient (Wildman–Crippen LogP) is 3.64. The number of methoxy groups -OCH3 is 1. The maximum atomic E-state index is 13.2. The smallest absolute Gasteiger partial charge is 0.384 e. The van der Waals surface area contributed by atoms with Gasteiger partial charge in [0.05, 0.1) is 23.9 Å². The topological polar surface area (TPSA) is 104 Å². The van der Waals surface area contributed by atoms with Crippen molar-refractivity contribution < 1.29 is 32.6 Å². The molecule has 218 valence electrons. The second-order valence-electron chi connectivity index (χ2n) is 10.9. The van der Waals surface area contributed by atoms with Crippen LogP contribution in [-0.4, -0.2) is 71.2 Å². The molecular weight excluding hydrogens is 525 g/mol. The highest BCUT2D eigenvalue weighted by atomic mass is 19.4. The second kappa shape index (κ2) is 12.7. The highest BCUT2D eigenvalue weighted by Crippen LogP contribution is 2.36. The summed E-state index contributed by atoms with van der Waals surface area (Å²) in [6, 6.07) is 9.77. The van der Waals surface area contributed by atoms with E-state index in [0.29, 0.717) is 37.9 Å². The molecule has 2 heterocycles. The predicted molar refractivity (Wildman–Crippen MR) is 142 cm³/mol. The molecule has 0 bridgehead atoms. The normalized spacial score (nSPS) is 25.9. The molecule has 2 amide bonds. The van der Waals surface area contributed by atoms with Crippen LogP contribution in [0.25, 0.3) is 0 Å². The Kier molecular flexibility index (Phi) is 9.48. The molecule has 1 aliphatic heterocycles. The molecule has 2 aliphatic rings. The van der Waals surface area contributed by atoms with E-state index in [2.05, 4.69) is 15.6 Å². The van der Waals surface area contributed by atoms with Gasteiger partial charge in [-0.25, -0.2) is 0 Å². The summed E-state index contributed by atoms with van der Waals surface area (Å²) in [5.74, 6) is -1.04. The van der Waals surface area contributed by atoms with Crippen LogP contribution in [0.1, 0.15) is 67.1 Å². The highest BCUT2D eigenvalue weighted by Gasteiger charge is 2.40. The summed E-state index contributed by atoms with van der Waals surface area (Å²) in [6.07, 6.45) is 1.07. The molecule has 3 unspecified atom stereocenters. The molecule has 0 radical (unpaired) electrons. The van der Waals surface area contributed by atoms with E-state index in [4.69, 9.17) is 4.74 Å². The van der Waals surface area contributed by atoms with Crippen LogP contribution in [0, 0.1) is 0 Å². The lowest BCUT2D eigenvalue weighted by Gasteiger charge is -2.37. The van der Waals surface area contributed by atoms with Crippen molar-refractivity contribution in [1.82, 2.24) is 20.5 Å². The third kappa shape index (κ3) is 7.38. The van der Waals surface area contributed by atoms with E-state index in [9.17, 15) is 27.9 Å². The van der Waals surface area contributed by atoms with Gasteiger partial charge in [-0.05, 0) is 75.8 Å². The average Bonchev–Trinajstić information content (AvgIpc) is 3.34. The van der Waals surface area contributed by atoms with Crippen molar-refractivity contribution in [2.24, 2.45) is 0 Å². The summed E-state index contributed by atoms with van der Waals surface area (Å²) < 4.78 is 44.5. The molecule has 1 aromatic carbocycles. The van der Waals surface area contributed by atoms with Gasteiger partial charge in [-0.1, -0.05) is 12.1 Å². The Balaban J connectivity index is 1.34. The summed E-state index contributed by atoms with van der Waals surface area (Å²) in [4.78, 5) is 31.8. The molecule has 40 heavy (non-hydrogen) atoms. The molecule has 0 spiro atoms. The van der Waals surface area contributed by atoms with Gasteiger partial charge >= 0.3 is 6.18 Å². The van der Waals surface area contributed by atoms with Gasteiger partial charge in [-0.2, -0.15) is 13.2 Å². The van der Waals surface area contributed by atoms with E-state index < -0.39 is 23.2 Å². The molecule has 4 rings (SSSR count). The van der Waals surface area contributed by atoms with Gasteiger partial charge < -0.3 is 25.4 Å². The van der Waals surface area contributed by atoms with Gasteiger partial charge in [0, 0.05) is 43.5 Å². The maximum absolute atomic E-state index is 13.2. The number of hydrogen-bond acceptors (Lipinski definition) is 6. The van der Waals surface area contributed by atoms with Gasteiger partial charge in [0.25, 0.3) is 5.91 Å². The van der Waals surface area contributed by atoms with Crippen LogP contribution in [0.3, 0.4) is 0 Å². The first-order valence-electron chi connectivity index (χ1n) is 13.7. The molecule has 1 aromatic heterocycles. The standard InChI is InChI=1S/C29H37F3N4O4/c1-19(40-2)14-24-16-23(35-22-9-11-28(39,12-10-22)25-8-3-4-13-33-25)18-36(24)26(37)17-34-27(38)20-6-5-7-21(15-20)29(30,31)32/h3-8,13,15,19,22-24,35,39H,9-12,14,16-18H2,1-2H3,(H,34,38). The number of hydrogen-bond donors (Lipinski definition) is 3. The number of carbonyl (C=O) groups is 2. The fraction of sp³-hybridized carbons (Fsp3) is 0.552. The number of pyridine rings is 1. The van der Waals surface area contributed by atoms with E-state index in [-0.39, 0.29) is 42.2 Å². The molecule has 1 saturated heterocycles. The van der Waals surface area contributed by atoms with E-state index in [1.54, 1.807) is 18.2 Å². The Labute approximate surface area is 232 Å². The first-order chi connectivity index (χ1) is 19.0. The molecule has 3 N–H and O–H groups in total. The number of halogens is 3.